The van der Waals surface area contributed by atoms with Crippen LogP contribution in [0.3, 0.4) is 0 Å². The van der Waals surface area contributed by atoms with Crippen LogP contribution in [-0.2, 0) is 26.2 Å². The highest BCUT2D eigenvalue weighted by atomic mass is 79.9. The number of sulfonamides is 1. The number of nitrogens with one attached hydrogen (secondary N) is 1. The highest BCUT2D eigenvalue weighted by Gasteiger charge is 2.33. The topological polar surface area (TPSA) is 96.0 Å². The van der Waals surface area contributed by atoms with Gasteiger partial charge in [-0.15, -0.1) is 0 Å². The van der Waals surface area contributed by atoms with Gasteiger partial charge in [-0.05, 0) is 69.2 Å². The predicted octanol–water partition coefficient (Wildman–Crippen LogP) is 5.30. The molecule has 8 nitrogen and oxygen atoms in total. The first kappa shape index (κ1) is 31.2. The molecule has 0 saturated heterocycles. The van der Waals surface area contributed by atoms with Crippen molar-refractivity contribution in [2.45, 2.75) is 51.6 Å². The molecule has 2 amide bonds. The Labute approximate surface area is 245 Å². The molecule has 40 heavy (non-hydrogen) atoms. The first-order valence-electron chi connectivity index (χ1n) is 13.2. The Morgan fingerprint density at radius 3 is 2.25 bits per heavy atom. The number of nitrogens with zero attached hydrogens (tertiary/aromatic N) is 2. The fourth-order valence-electron chi connectivity index (χ4n) is 4.06. The molecule has 0 aliphatic carbocycles. The van der Waals surface area contributed by atoms with Gasteiger partial charge in [0.25, 0.3) is 10.0 Å². The third-order valence-electron chi connectivity index (χ3n) is 6.30. The number of amides is 2. The Kier molecular flexibility index (Phi) is 11.2. The average molecular weight is 631 g/mol. The molecule has 214 valence electrons. The number of hydrogen-bond acceptors (Lipinski definition) is 5. The molecule has 0 saturated carbocycles. The lowest BCUT2D eigenvalue weighted by atomic mass is 10.1. The second-order valence-electron chi connectivity index (χ2n) is 9.34. The average Bonchev–Trinajstić information content (AvgIpc) is 2.94. The maximum absolute atomic E-state index is 14.0. The second-order valence-corrected chi connectivity index (χ2v) is 12.1. The molecule has 3 aromatic rings. The van der Waals surface area contributed by atoms with Crippen molar-refractivity contribution < 1.29 is 22.7 Å². The summed E-state index contributed by atoms with van der Waals surface area (Å²) in [6, 6.07) is 19.8. The molecule has 1 atom stereocenters. The lowest BCUT2D eigenvalue weighted by Crippen LogP contribution is -2.51. The van der Waals surface area contributed by atoms with Crippen molar-refractivity contribution in [3.63, 3.8) is 0 Å². The number of benzene rings is 3. The standard InChI is InChI=1S/C30H36BrN3O5S/c1-5-19-32-30(36)23(4)33(20-24-13-15-25(31)16-14-24)29(35)21-34(27-9-7-8-10-28(27)39-6-2)40(37,38)26-17-11-22(3)12-18-26/h7-18,23H,5-6,19-21H2,1-4H3,(H,32,36)/t23-/m1/s1. The molecule has 0 unspecified atom stereocenters. The molecule has 0 fully saturated rings. The summed E-state index contributed by atoms with van der Waals surface area (Å²) in [6.45, 7) is 7.64. The predicted molar refractivity (Wildman–Crippen MR) is 161 cm³/mol. The van der Waals surface area contributed by atoms with Crippen molar-refractivity contribution >= 4 is 43.5 Å². The van der Waals surface area contributed by atoms with Gasteiger partial charge in [0.2, 0.25) is 11.8 Å². The van der Waals surface area contributed by atoms with Gasteiger partial charge in [0.1, 0.15) is 18.3 Å². The molecule has 0 aromatic heterocycles. The summed E-state index contributed by atoms with van der Waals surface area (Å²) in [4.78, 5) is 28.4. The van der Waals surface area contributed by atoms with E-state index in [1.54, 1.807) is 50.2 Å². The van der Waals surface area contributed by atoms with Crippen LogP contribution in [0.2, 0.25) is 0 Å². The van der Waals surface area contributed by atoms with Crippen molar-refractivity contribution in [3.05, 3.63) is 88.4 Å². The molecule has 10 heteroatoms. The molecule has 0 spiro atoms. The molecule has 1 N–H and O–H groups in total. The lowest BCUT2D eigenvalue weighted by Gasteiger charge is -2.32. The number of anilines is 1. The van der Waals surface area contributed by atoms with Crippen molar-refractivity contribution in [2.24, 2.45) is 0 Å². The van der Waals surface area contributed by atoms with Gasteiger partial charge in [-0.3, -0.25) is 13.9 Å². The molecule has 3 rings (SSSR count). The Bertz CT molecular complexity index is 1400. The van der Waals surface area contributed by atoms with E-state index in [0.717, 1.165) is 26.3 Å². The number of aryl methyl sites for hydroxylation is 1. The number of carbonyl (C=O) groups is 2. The molecule has 0 heterocycles. The van der Waals surface area contributed by atoms with Gasteiger partial charge in [0.15, 0.2) is 0 Å². The van der Waals surface area contributed by atoms with E-state index in [2.05, 4.69) is 21.2 Å². The molecule has 0 aliphatic rings. The van der Waals surface area contributed by atoms with E-state index in [-0.39, 0.29) is 23.0 Å². The normalized spacial score (nSPS) is 11.9. The number of carbonyl (C=O) groups excluding carboxylic acids is 2. The van der Waals surface area contributed by atoms with E-state index in [0.29, 0.717) is 18.9 Å². The summed E-state index contributed by atoms with van der Waals surface area (Å²) in [6.07, 6.45) is 0.746. The van der Waals surface area contributed by atoms with E-state index in [1.807, 2.05) is 38.1 Å². The minimum Gasteiger partial charge on any atom is -0.492 e. The Balaban J connectivity index is 2.06. The van der Waals surface area contributed by atoms with E-state index in [9.17, 15) is 18.0 Å². The summed E-state index contributed by atoms with van der Waals surface area (Å²) in [5.41, 5.74) is 1.95. The smallest absolute Gasteiger partial charge is 0.264 e. The fourth-order valence-corrected chi connectivity index (χ4v) is 5.75. The number of halogens is 1. The van der Waals surface area contributed by atoms with Gasteiger partial charge in [-0.1, -0.05) is 64.8 Å². The van der Waals surface area contributed by atoms with Crippen LogP contribution in [0.4, 0.5) is 5.69 Å². The van der Waals surface area contributed by atoms with Gasteiger partial charge in [-0.2, -0.15) is 0 Å². The van der Waals surface area contributed by atoms with Gasteiger partial charge in [0, 0.05) is 17.6 Å². The number of hydrogen-bond donors (Lipinski definition) is 1. The quantitative estimate of drug-likeness (QED) is 0.277. The van der Waals surface area contributed by atoms with E-state index in [1.165, 1.54) is 17.0 Å². The summed E-state index contributed by atoms with van der Waals surface area (Å²) in [5, 5.41) is 2.84. The monoisotopic (exact) mass is 629 g/mol. The van der Waals surface area contributed by atoms with Crippen molar-refractivity contribution in [1.29, 1.82) is 0 Å². The van der Waals surface area contributed by atoms with Gasteiger partial charge >= 0.3 is 0 Å². The summed E-state index contributed by atoms with van der Waals surface area (Å²) in [5.74, 6) is -0.499. The highest BCUT2D eigenvalue weighted by Crippen LogP contribution is 2.33. The molecule has 0 radical (unpaired) electrons. The van der Waals surface area contributed by atoms with Crippen LogP contribution in [0, 0.1) is 6.92 Å². The molecular weight excluding hydrogens is 594 g/mol. The minimum atomic E-state index is -4.18. The van der Waals surface area contributed by atoms with Crippen molar-refractivity contribution in [1.82, 2.24) is 10.2 Å². The Morgan fingerprint density at radius 1 is 0.975 bits per heavy atom. The zero-order valence-electron chi connectivity index (χ0n) is 23.3. The zero-order valence-corrected chi connectivity index (χ0v) is 25.7. The minimum absolute atomic E-state index is 0.0467. The molecule has 3 aromatic carbocycles. The van der Waals surface area contributed by atoms with Crippen LogP contribution in [0.15, 0.2) is 82.2 Å². The van der Waals surface area contributed by atoms with Gasteiger partial charge in [0.05, 0.1) is 17.2 Å². The maximum Gasteiger partial charge on any atom is 0.264 e. The SMILES string of the molecule is CCCNC(=O)[C@@H](C)N(Cc1ccc(Br)cc1)C(=O)CN(c1ccccc1OCC)S(=O)(=O)c1ccc(C)cc1. The van der Waals surface area contributed by atoms with E-state index >= 15 is 0 Å². The van der Waals surface area contributed by atoms with Crippen LogP contribution >= 0.6 is 15.9 Å². The lowest BCUT2D eigenvalue weighted by molar-refractivity contribution is -0.139. The van der Waals surface area contributed by atoms with Crippen LogP contribution in [0.5, 0.6) is 5.75 Å². The van der Waals surface area contributed by atoms with Crippen LogP contribution in [-0.4, -0.2) is 50.9 Å². The third kappa shape index (κ3) is 7.85. The van der Waals surface area contributed by atoms with Gasteiger partial charge in [-0.25, -0.2) is 8.42 Å². The van der Waals surface area contributed by atoms with Crippen molar-refractivity contribution in [2.75, 3.05) is 24.0 Å². The van der Waals surface area contributed by atoms with Crippen LogP contribution < -0.4 is 14.4 Å². The largest absolute Gasteiger partial charge is 0.492 e. The fraction of sp³-hybridized carbons (Fsp3) is 0.333. The van der Waals surface area contributed by atoms with Crippen molar-refractivity contribution in [3.8, 4) is 5.75 Å². The van der Waals surface area contributed by atoms with E-state index < -0.39 is 28.5 Å². The third-order valence-corrected chi connectivity index (χ3v) is 8.61. The molecular formula is C30H36BrN3O5S. The van der Waals surface area contributed by atoms with Crippen LogP contribution in [0.25, 0.3) is 0 Å². The summed E-state index contributed by atoms with van der Waals surface area (Å²) >= 11 is 3.42. The van der Waals surface area contributed by atoms with Crippen LogP contribution in [0.1, 0.15) is 38.3 Å². The molecule has 0 bridgehead atoms. The summed E-state index contributed by atoms with van der Waals surface area (Å²) < 4.78 is 35.7. The Morgan fingerprint density at radius 2 is 1.62 bits per heavy atom. The first-order valence-corrected chi connectivity index (χ1v) is 15.4. The first-order chi connectivity index (χ1) is 19.1. The number of para-hydroxylation sites is 2. The second kappa shape index (κ2) is 14.3. The number of rotatable bonds is 13. The maximum atomic E-state index is 14.0. The molecule has 0 aliphatic heterocycles. The summed E-state index contributed by atoms with van der Waals surface area (Å²) in [7, 11) is -4.18. The zero-order chi connectivity index (χ0) is 29.3. The Hall–Kier alpha value is -3.37. The van der Waals surface area contributed by atoms with Gasteiger partial charge < -0.3 is 15.0 Å². The number of ether oxygens (including phenoxy) is 1. The van der Waals surface area contributed by atoms with E-state index in [4.69, 9.17) is 4.74 Å². The highest BCUT2D eigenvalue weighted by molar-refractivity contribution is 9.10.